The lowest BCUT2D eigenvalue weighted by Crippen LogP contribution is -2.29. The van der Waals surface area contributed by atoms with Gasteiger partial charge >= 0.3 is 5.97 Å². The molecule has 4 rings (SSSR count). The van der Waals surface area contributed by atoms with Gasteiger partial charge in [-0.15, -0.1) is 5.10 Å². The van der Waals surface area contributed by atoms with E-state index in [0.29, 0.717) is 29.0 Å². The molecule has 8 heteroatoms. The maximum Gasteiger partial charge on any atom is 0.338 e. The van der Waals surface area contributed by atoms with Crippen LogP contribution in [-0.4, -0.2) is 33.1 Å². The van der Waals surface area contributed by atoms with Crippen molar-refractivity contribution in [3.8, 4) is 5.75 Å². The monoisotopic (exact) mass is 504 g/mol. The molecule has 0 bridgehead atoms. The number of hydrogen-bond donors (Lipinski definition) is 1. The molecule has 1 aliphatic rings. The first-order valence-corrected chi connectivity index (χ1v) is 13.1. The van der Waals surface area contributed by atoms with Crippen LogP contribution in [0, 0.1) is 6.92 Å². The molecule has 0 spiro atoms. The van der Waals surface area contributed by atoms with Gasteiger partial charge in [-0.2, -0.15) is 4.98 Å². The summed E-state index contributed by atoms with van der Waals surface area (Å²) in [6.45, 7) is 10.4. The lowest BCUT2D eigenvalue weighted by Gasteiger charge is -2.28. The maximum absolute atomic E-state index is 13.1. The fraction of sp³-hybridized carbons (Fsp3) is 0.321. The Kier molecular flexibility index (Phi) is 8.48. The van der Waals surface area contributed by atoms with Crippen LogP contribution in [0.1, 0.15) is 49.4 Å². The average molecular weight is 505 g/mol. The normalized spacial score (nSPS) is 14.7. The van der Waals surface area contributed by atoms with Crippen molar-refractivity contribution in [3.05, 3.63) is 89.1 Å². The van der Waals surface area contributed by atoms with Gasteiger partial charge in [-0.1, -0.05) is 79.7 Å². The molecule has 2 heterocycles. The Balaban J connectivity index is 1.60. The highest BCUT2D eigenvalue weighted by Gasteiger charge is 2.35. The van der Waals surface area contributed by atoms with Crippen molar-refractivity contribution in [3.63, 3.8) is 0 Å². The Morgan fingerprint density at radius 3 is 2.61 bits per heavy atom. The van der Waals surface area contributed by atoms with Crippen LogP contribution in [0.4, 0.5) is 5.95 Å². The fourth-order valence-corrected chi connectivity index (χ4v) is 4.79. The van der Waals surface area contributed by atoms with Crippen molar-refractivity contribution in [2.45, 2.75) is 51.4 Å². The number of nitrogens with one attached hydrogen (secondary N) is 1. The Morgan fingerprint density at radius 1 is 1.17 bits per heavy atom. The summed E-state index contributed by atoms with van der Waals surface area (Å²) in [5.41, 5.74) is 4.40. The van der Waals surface area contributed by atoms with Crippen LogP contribution < -0.4 is 10.1 Å². The number of carbonyl (C=O) groups is 1. The Labute approximate surface area is 216 Å². The topological polar surface area (TPSA) is 78.3 Å². The van der Waals surface area contributed by atoms with Crippen LogP contribution in [-0.2, 0) is 16.1 Å². The number of aromatic nitrogens is 3. The number of fused-ring (bicyclic) bond motifs is 1. The number of thioether (sulfide) groups is 1. The van der Waals surface area contributed by atoms with Gasteiger partial charge in [0.1, 0.15) is 25.0 Å². The van der Waals surface area contributed by atoms with Crippen molar-refractivity contribution in [1.29, 1.82) is 0 Å². The van der Waals surface area contributed by atoms with E-state index in [2.05, 4.69) is 55.0 Å². The second-order valence-electron chi connectivity index (χ2n) is 8.66. The van der Waals surface area contributed by atoms with Gasteiger partial charge in [-0.05, 0) is 43.5 Å². The van der Waals surface area contributed by atoms with Crippen LogP contribution in [0.2, 0.25) is 0 Å². The molecule has 0 amide bonds. The molecule has 1 N–H and O–H groups in total. The number of nitrogens with zero attached hydrogens (tertiary/aromatic N) is 3. The second kappa shape index (κ2) is 11.9. The molecule has 1 aliphatic heterocycles. The standard InChI is InChI=1S/C28H32N4O3S/c1-5-7-17-36-28-30-27-29-20(4)24(26(33)34-16-6-2)25(32(27)31-28)22-12-14-23(15-13-22)35-18-21-10-8-19(3)9-11-21/h6,8-15,25H,2,5,7,16-18H2,1,3-4H3,(H,29,30,31). The van der Waals surface area contributed by atoms with Crippen LogP contribution in [0.5, 0.6) is 5.75 Å². The molecular weight excluding hydrogens is 472 g/mol. The second-order valence-corrected chi connectivity index (χ2v) is 9.72. The summed E-state index contributed by atoms with van der Waals surface area (Å²) in [6.07, 6.45) is 3.76. The lowest BCUT2D eigenvalue weighted by molar-refractivity contribution is -0.138. The average Bonchev–Trinajstić information content (AvgIpc) is 3.28. The van der Waals surface area contributed by atoms with E-state index < -0.39 is 12.0 Å². The Hall–Kier alpha value is -3.52. The largest absolute Gasteiger partial charge is 0.489 e. The molecule has 7 nitrogen and oxygen atoms in total. The van der Waals surface area contributed by atoms with Gasteiger partial charge in [0, 0.05) is 11.4 Å². The highest BCUT2D eigenvalue weighted by molar-refractivity contribution is 7.99. The number of aryl methyl sites for hydroxylation is 1. The molecule has 1 unspecified atom stereocenters. The van der Waals surface area contributed by atoms with Gasteiger partial charge in [0.15, 0.2) is 0 Å². The molecule has 0 aliphatic carbocycles. The van der Waals surface area contributed by atoms with Gasteiger partial charge in [0.2, 0.25) is 11.1 Å². The SMILES string of the molecule is C=CCOC(=O)C1=C(C)Nc2nc(SCCCC)nn2C1c1ccc(OCc2ccc(C)cc2)cc1. The molecule has 36 heavy (non-hydrogen) atoms. The number of unbranched alkanes of at least 4 members (excludes halogenated alkanes) is 1. The first-order chi connectivity index (χ1) is 17.5. The summed E-state index contributed by atoms with van der Waals surface area (Å²) in [5.74, 6) is 1.89. The summed E-state index contributed by atoms with van der Waals surface area (Å²) in [4.78, 5) is 17.7. The molecule has 1 aromatic heterocycles. The molecular formula is C28H32N4O3S. The summed E-state index contributed by atoms with van der Waals surface area (Å²) >= 11 is 1.62. The first kappa shape index (κ1) is 25.6. The van der Waals surface area contributed by atoms with E-state index in [0.717, 1.165) is 35.5 Å². The quantitative estimate of drug-likeness (QED) is 0.147. The van der Waals surface area contributed by atoms with E-state index in [1.807, 2.05) is 31.2 Å². The minimum atomic E-state index is -0.474. The lowest BCUT2D eigenvalue weighted by atomic mass is 9.96. The predicted molar refractivity (Wildman–Crippen MR) is 143 cm³/mol. The summed E-state index contributed by atoms with van der Waals surface area (Å²) in [6, 6.07) is 15.6. The van der Waals surface area contributed by atoms with Crippen molar-refractivity contribution in [2.75, 3.05) is 17.7 Å². The van der Waals surface area contributed by atoms with Crippen molar-refractivity contribution in [1.82, 2.24) is 14.8 Å². The third-order valence-electron chi connectivity index (χ3n) is 5.84. The molecule has 0 radical (unpaired) electrons. The van der Waals surface area contributed by atoms with Crippen molar-refractivity contribution >= 4 is 23.7 Å². The van der Waals surface area contributed by atoms with Crippen LogP contribution in [0.3, 0.4) is 0 Å². The van der Waals surface area contributed by atoms with E-state index >= 15 is 0 Å². The summed E-state index contributed by atoms with van der Waals surface area (Å²) < 4.78 is 13.2. The number of carbonyl (C=O) groups excluding carboxylic acids is 1. The highest BCUT2D eigenvalue weighted by atomic mass is 32.2. The van der Waals surface area contributed by atoms with Gasteiger partial charge in [-0.3, -0.25) is 0 Å². The molecule has 188 valence electrons. The van der Waals surface area contributed by atoms with Crippen LogP contribution >= 0.6 is 11.8 Å². The minimum absolute atomic E-state index is 0.135. The number of hydrogen-bond acceptors (Lipinski definition) is 7. The fourth-order valence-electron chi connectivity index (χ4n) is 3.88. The third-order valence-corrected chi connectivity index (χ3v) is 6.76. The number of ether oxygens (including phenoxy) is 2. The van der Waals surface area contributed by atoms with Gasteiger partial charge in [0.25, 0.3) is 0 Å². The first-order valence-electron chi connectivity index (χ1n) is 12.1. The Bertz CT molecular complexity index is 1230. The van der Waals surface area contributed by atoms with Crippen LogP contribution in [0.15, 0.2) is 77.6 Å². The molecule has 1 atom stereocenters. The van der Waals surface area contributed by atoms with E-state index in [4.69, 9.17) is 14.6 Å². The Morgan fingerprint density at radius 2 is 1.92 bits per heavy atom. The summed E-state index contributed by atoms with van der Waals surface area (Å²) in [7, 11) is 0. The summed E-state index contributed by atoms with van der Waals surface area (Å²) in [5, 5.41) is 8.66. The van der Waals surface area contributed by atoms with E-state index in [-0.39, 0.29) is 6.61 Å². The third kappa shape index (κ3) is 5.99. The highest BCUT2D eigenvalue weighted by Crippen LogP contribution is 2.37. The molecule has 0 saturated carbocycles. The van der Waals surface area contributed by atoms with Gasteiger partial charge in [-0.25, -0.2) is 9.48 Å². The van der Waals surface area contributed by atoms with E-state index in [9.17, 15) is 4.79 Å². The zero-order valence-corrected chi connectivity index (χ0v) is 21.8. The maximum atomic E-state index is 13.1. The zero-order valence-electron chi connectivity index (χ0n) is 21.0. The van der Waals surface area contributed by atoms with Gasteiger partial charge < -0.3 is 14.8 Å². The predicted octanol–water partition coefficient (Wildman–Crippen LogP) is 6.08. The van der Waals surface area contributed by atoms with Crippen molar-refractivity contribution in [2.24, 2.45) is 0 Å². The number of anilines is 1. The number of benzene rings is 2. The molecule has 3 aromatic rings. The van der Waals surface area contributed by atoms with E-state index in [1.165, 1.54) is 5.56 Å². The minimum Gasteiger partial charge on any atom is -0.489 e. The molecule has 2 aromatic carbocycles. The smallest absolute Gasteiger partial charge is 0.338 e. The number of esters is 1. The van der Waals surface area contributed by atoms with Crippen LogP contribution in [0.25, 0.3) is 0 Å². The molecule has 0 saturated heterocycles. The zero-order chi connectivity index (χ0) is 25.5. The number of rotatable bonds is 11. The van der Waals surface area contributed by atoms with Crippen molar-refractivity contribution < 1.29 is 14.3 Å². The molecule has 0 fully saturated rings. The number of allylic oxidation sites excluding steroid dienone is 1. The van der Waals surface area contributed by atoms with E-state index in [1.54, 1.807) is 22.5 Å². The van der Waals surface area contributed by atoms with Gasteiger partial charge in [0.05, 0.1) is 5.57 Å².